The van der Waals surface area contributed by atoms with Crippen molar-refractivity contribution in [3.8, 4) is 5.69 Å². The van der Waals surface area contributed by atoms with E-state index in [0.29, 0.717) is 23.4 Å². The van der Waals surface area contributed by atoms with E-state index in [1.165, 1.54) is 0 Å². The summed E-state index contributed by atoms with van der Waals surface area (Å²) < 4.78 is 1.86. The number of carbonyl (C=O) groups excluding carboxylic acids is 1. The smallest absolute Gasteiger partial charge is 0.137 e. The van der Waals surface area contributed by atoms with E-state index in [4.69, 9.17) is 16.7 Å². The molecule has 3 rings (SSSR count). The minimum absolute atomic E-state index is 0.0819. The second kappa shape index (κ2) is 10.2. The molecule has 0 aliphatic carbocycles. The van der Waals surface area contributed by atoms with Crippen LogP contribution in [0.3, 0.4) is 0 Å². The number of Topliss-reactive ketones (excluding diaryl/α,β-unsaturated/α-hetero) is 1. The van der Waals surface area contributed by atoms with Gasteiger partial charge < -0.3 is 15.3 Å². The van der Waals surface area contributed by atoms with Crippen molar-refractivity contribution in [1.29, 1.82) is 0 Å². The number of ketones is 1. The first-order valence-electron chi connectivity index (χ1n) is 11.0. The lowest BCUT2D eigenvalue weighted by molar-refractivity contribution is -0.118. The SMILES string of the molecule is CC(C)(C)c1cc(CCC(=O)Cc2ccc(C(O)(CO)CO)cc2)n(-c2cccc(Cl)c2)n1. The maximum absolute atomic E-state index is 12.7. The average molecular weight is 471 g/mol. The molecular formula is C26H31ClN2O4. The lowest BCUT2D eigenvalue weighted by Gasteiger charge is -2.23. The lowest BCUT2D eigenvalue weighted by Crippen LogP contribution is -2.34. The first-order valence-corrected chi connectivity index (χ1v) is 11.3. The fourth-order valence-corrected chi connectivity index (χ4v) is 3.73. The molecule has 0 aliphatic heterocycles. The van der Waals surface area contributed by atoms with Crippen LogP contribution in [0, 0.1) is 0 Å². The van der Waals surface area contributed by atoms with E-state index >= 15 is 0 Å². The first kappa shape index (κ1) is 25.1. The van der Waals surface area contributed by atoms with E-state index in [1.807, 2.05) is 35.0 Å². The van der Waals surface area contributed by atoms with Crippen LogP contribution in [0.4, 0.5) is 0 Å². The van der Waals surface area contributed by atoms with Gasteiger partial charge in [-0.3, -0.25) is 4.79 Å². The predicted molar refractivity (Wildman–Crippen MR) is 129 cm³/mol. The minimum atomic E-state index is -1.69. The Labute approximate surface area is 199 Å². The molecule has 0 radical (unpaired) electrons. The summed E-state index contributed by atoms with van der Waals surface area (Å²) in [6.45, 7) is 5.14. The summed E-state index contributed by atoms with van der Waals surface area (Å²) in [5.74, 6) is 0.0819. The van der Waals surface area contributed by atoms with E-state index in [0.717, 1.165) is 22.6 Å². The molecule has 0 unspecified atom stereocenters. The number of rotatable bonds is 9. The Hall–Kier alpha value is -2.51. The first-order chi connectivity index (χ1) is 15.6. The molecule has 0 fully saturated rings. The number of aromatic nitrogens is 2. The molecule has 0 amide bonds. The molecule has 1 heterocycles. The van der Waals surface area contributed by atoms with Gasteiger partial charge in [-0.15, -0.1) is 0 Å². The standard InChI is InChI=1S/C26H31ClN2O4/c1-25(2,3)24-15-22(29(28-24)21-6-4-5-20(27)14-21)11-12-23(32)13-18-7-9-19(10-8-18)26(33,16-30)17-31/h4-10,14-15,30-31,33H,11-13,16-17H2,1-3H3. The minimum Gasteiger partial charge on any atom is -0.393 e. The maximum Gasteiger partial charge on any atom is 0.137 e. The fraction of sp³-hybridized carbons (Fsp3) is 0.385. The number of hydrogen-bond donors (Lipinski definition) is 3. The number of benzene rings is 2. The molecule has 7 heteroatoms. The molecule has 0 saturated carbocycles. The van der Waals surface area contributed by atoms with Crippen LogP contribution in [0.5, 0.6) is 0 Å². The van der Waals surface area contributed by atoms with Crippen molar-refractivity contribution in [2.24, 2.45) is 0 Å². The van der Waals surface area contributed by atoms with Crippen molar-refractivity contribution in [2.75, 3.05) is 13.2 Å². The zero-order chi connectivity index (χ0) is 24.2. The molecule has 176 valence electrons. The van der Waals surface area contributed by atoms with Gasteiger partial charge in [-0.2, -0.15) is 5.10 Å². The van der Waals surface area contributed by atoms with Crippen LogP contribution < -0.4 is 0 Å². The van der Waals surface area contributed by atoms with Gasteiger partial charge in [0, 0.05) is 29.0 Å². The van der Waals surface area contributed by atoms with Crippen molar-refractivity contribution in [1.82, 2.24) is 9.78 Å². The number of carbonyl (C=O) groups is 1. The van der Waals surface area contributed by atoms with Gasteiger partial charge in [-0.1, -0.05) is 62.7 Å². The van der Waals surface area contributed by atoms with Crippen LogP contribution in [-0.4, -0.2) is 44.1 Å². The van der Waals surface area contributed by atoms with Crippen molar-refractivity contribution in [3.63, 3.8) is 0 Å². The molecule has 6 nitrogen and oxygen atoms in total. The maximum atomic E-state index is 12.7. The van der Waals surface area contributed by atoms with Crippen LogP contribution in [0.2, 0.25) is 5.02 Å². The topological polar surface area (TPSA) is 95.6 Å². The van der Waals surface area contributed by atoms with Gasteiger partial charge in [0.15, 0.2) is 0 Å². The molecule has 3 N–H and O–H groups in total. The molecule has 2 aromatic carbocycles. The molecular weight excluding hydrogens is 440 g/mol. The largest absolute Gasteiger partial charge is 0.393 e. The molecule has 0 saturated heterocycles. The summed E-state index contributed by atoms with van der Waals surface area (Å²) in [5, 5.41) is 34.3. The third-order valence-electron chi connectivity index (χ3n) is 5.68. The summed E-state index contributed by atoms with van der Waals surface area (Å²) in [4.78, 5) is 12.7. The summed E-state index contributed by atoms with van der Waals surface area (Å²) in [7, 11) is 0. The van der Waals surface area contributed by atoms with Crippen molar-refractivity contribution in [3.05, 3.63) is 82.1 Å². The monoisotopic (exact) mass is 470 g/mol. The highest BCUT2D eigenvalue weighted by Gasteiger charge is 2.27. The lowest BCUT2D eigenvalue weighted by atomic mass is 9.92. The Morgan fingerprint density at radius 1 is 1.03 bits per heavy atom. The summed E-state index contributed by atoms with van der Waals surface area (Å²) in [5.41, 5.74) is 2.14. The molecule has 1 aromatic heterocycles. The van der Waals surface area contributed by atoms with E-state index in [-0.39, 0.29) is 17.6 Å². The third kappa shape index (κ3) is 6.09. The van der Waals surface area contributed by atoms with Crippen LogP contribution in [0.1, 0.15) is 49.7 Å². The zero-order valence-corrected chi connectivity index (χ0v) is 20.0. The molecule has 0 bridgehead atoms. The van der Waals surface area contributed by atoms with Crippen molar-refractivity contribution in [2.45, 2.75) is 51.0 Å². The molecule has 0 aliphatic rings. The van der Waals surface area contributed by atoms with E-state index < -0.39 is 18.8 Å². The summed E-state index contributed by atoms with van der Waals surface area (Å²) in [6.07, 6.45) is 1.16. The second-order valence-electron chi connectivity index (χ2n) is 9.42. The van der Waals surface area contributed by atoms with Crippen LogP contribution in [0.25, 0.3) is 5.69 Å². The summed E-state index contributed by atoms with van der Waals surface area (Å²) in [6, 6.07) is 16.3. The quantitative estimate of drug-likeness (QED) is 0.442. The van der Waals surface area contributed by atoms with Gasteiger partial charge in [0.05, 0.1) is 24.6 Å². The number of halogens is 1. The van der Waals surface area contributed by atoms with E-state index in [1.54, 1.807) is 24.3 Å². The predicted octanol–water partition coefficient (Wildman–Crippen LogP) is 3.74. The Morgan fingerprint density at radius 2 is 1.70 bits per heavy atom. The average Bonchev–Trinajstić information content (AvgIpc) is 3.23. The van der Waals surface area contributed by atoms with Crippen LogP contribution in [0.15, 0.2) is 54.6 Å². The van der Waals surface area contributed by atoms with Gasteiger partial charge >= 0.3 is 0 Å². The van der Waals surface area contributed by atoms with Gasteiger partial charge in [0.1, 0.15) is 11.4 Å². The Bertz CT molecular complexity index is 1100. The van der Waals surface area contributed by atoms with Crippen molar-refractivity contribution >= 4 is 17.4 Å². The highest BCUT2D eigenvalue weighted by molar-refractivity contribution is 6.30. The van der Waals surface area contributed by atoms with Gasteiger partial charge in [-0.05, 0) is 41.8 Å². The molecule has 33 heavy (non-hydrogen) atoms. The molecule has 3 aromatic rings. The second-order valence-corrected chi connectivity index (χ2v) is 9.86. The molecule has 0 spiro atoms. The van der Waals surface area contributed by atoms with Crippen LogP contribution >= 0.6 is 11.6 Å². The van der Waals surface area contributed by atoms with Gasteiger partial charge in [0.25, 0.3) is 0 Å². The van der Waals surface area contributed by atoms with E-state index in [9.17, 15) is 20.1 Å². The van der Waals surface area contributed by atoms with Crippen LogP contribution in [-0.2, 0) is 28.7 Å². The Morgan fingerprint density at radius 3 is 2.27 bits per heavy atom. The number of nitrogens with zero attached hydrogens (tertiary/aromatic N) is 2. The number of aliphatic hydroxyl groups excluding tert-OH is 2. The number of aryl methyl sites for hydroxylation is 1. The highest BCUT2D eigenvalue weighted by Crippen LogP contribution is 2.26. The normalized spacial score (nSPS) is 12.2. The zero-order valence-electron chi connectivity index (χ0n) is 19.3. The Balaban J connectivity index is 1.73. The third-order valence-corrected chi connectivity index (χ3v) is 5.92. The van der Waals surface area contributed by atoms with E-state index in [2.05, 4.69) is 20.8 Å². The van der Waals surface area contributed by atoms with Crippen molar-refractivity contribution < 1.29 is 20.1 Å². The molecule has 0 atom stereocenters. The fourth-order valence-electron chi connectivity index (χ4n) is 3.54. The van der Waals surface area contributed by atoms with Gasteiger partial charge in [-0.25, -0.2) is 4.68 Å². The van der Waals surface area contributed by atoms with Gasteiger partial charge in [0.2, 0.25) is 0 Å². The number of aliphatic hydroxyl groups is 3. The summed E-state index contributed by atoms with van der Waals surface area (Å²) >= 11 is 6.18. The number of hydrogen-bond acceptors (Lipinski definition) is 5. The Kier molecular flexibility index (Phi) is 7.75. The highest BCUT2D eigenvalue weighted by atomic mass is 35.5.